The molecule has 0 unspecified atom stereocenters. The number of phenolic OH excluding ortho intramolecular Hbond substituents is 1. The third-order valence-electron chi connectivity index (χ3n) is 2.59. The molecule has 0 spiro atoms. The number of aromatic hydroxyl groups is 1. The summed E-state index contributed by atoms with van der Waals surface area (Å²) in [5.41, 5.74) is 6.46. The lowest BCUT2D eigenvalue weighted by Gasteiger charge is -2.07. The van der Waals surface area contributed by atoms with E-state index in [1.165, 1.54) is 11.8 Å². The summed E-state index contributed by atoms with van der Waals surface area (Å²) < 4.78 is 0. The number of carbonyl (C=O) groups is 1. The molecule has 0 aromatic heterocycles. The van der Waals surface area contributed by atoms with Gasteiger partial charge in [-0.15, -0.1) is 11.8 Å². The molecular formula is C14H12ClNO2S. The van der Waals surface area contributed by atoms with E-state index in [0.717, 1.165) is 10.5 Å². The predicted molar refractivity (Wildman–Crippen MR) is 77.6 cm³/mol. The fraction of sp³-hybridized carbons (Fsp3) is 0.0714. The van der Waals surface area contributed by atoms with Gasteiger partial charge in [-0.2, -0.15) is 0 Å². The first-order valence-corrected chi connectivity index (χ1v) is 6.93. The van der Waals surface area contributed by atoms with E-state index in [1.54, 1.807) is 30.3 Å². The summed E-state index contributed by atoms with van der Waals surface area (Å²) >= 11 is 7.57. The largest absolute Gasteiger partial charge is 0.507 e. The van der Waals surface area contributed by atoms with Crippen LogP contribution in [-0.2, 0) is 5.75 Å². The van der Waals surface area contributed by atoms with E-state index in [1.807, 2.05) is 12.1 Å². The van der Waals surface area contributed by atoms with E-state index in [0.29, 0.717) is 16.3 Å². The lowest BCUT2D eigenvalue weighted by Crippen LogP contribution is -2.10. The number of amides is 1. The molecule has 1 amide bonds. The summed E-state index contributed by atoms with van der Waals surface area (Å²) in [5, 5.41) is 10.2. The Kier molecular flexibility index (Phi) is 4.35. The molecule has 5 heteroatoms. The van der Waals surface area contributed by atoms with Crippen LogP contribution < -0.4 is 5.73 Å². The first kappa shape index (κ1) is 13.8. The number of hydrogen-bond donors (Lipinski definition) is 2. The molecule has 2 aromatic rings. The van der Waals surface area contributed by atoms with Crippen molar-refractivity contribution in [1.29, 1.82) is 0 Å². The maximum atomic E-state index is 11.0. The monoisotopic (exact) mass is 293 g/mol. The zero-order valence-corrected chi connectivity index (χ0v) is 11.5. The SMILES string of the molecule is NC(=O)c1ccc(CSc2ccccc2O)c(Cl)c1. The Bertz CT molecular complexity index is 616. The first-order chi connectivity index (χ1) is 9.08. The second-order valence-electron chi connectivity index (χ2n) is 3.93. The van der Waals surface area contributed by atoms with Gasteiger partial charge in [0.1, 0.15) is 5.75 Å². The maximum Gasteiger partial charge on any atom is 0.248 e. The molecule has 0 atom stereocenters. The molecule has 0 bridgehead atoms. The Morgan fingerprint density at radius 3 is 2.63 bits per heavy atom. The van der Waals surface area contributed by atoms with Crippen LogP contribution in [0.3, 0.4) is 0 Å². The van der Waals surface area contributed by atoms with Gasteiger partial charge >= 0.3 is 0 Å². The topological polar surface area (TPSA) is 63.3 Å². The number of nitrogens with two attached hydrogens (primary N) is 1. The Labute approximate surface area is 120 Å². The minimum absolute atomic E-state index is 0.248. The molecule has 0 saturated heterocycles. The van der Waals surface area contributed by atoms with Crippen LogP contribution in [0.1, 0.15) is 15.9 Å². The number of hydrogen-bond acceptors (Lipinski definition) is 3. The zero-order chi connectivity index (χ0) is 13.8. The number of carbonyl (C=O) groups excluding carboxylic acids is 1. The number of para-hydroxylation sites is 1. The van der Waals surface area contributed by atoms with Gasteiger partial charge in [-0.1, -0.05) is 29.8 Å². The van der Waals surface area contributed by atoms with E-state index < -0.39 is 5.91 Å². The number of thioether (sulfide) groups is 1. The van der Waals surface area contributed by atoms with Crippen molar-refractivity contribution >= 4 is 29.3 Å². The lowest BCUT2D eigenvalue weighted by molar-refractivity contribution is 0.100. The maximum absolute atomic E-state index is 11.0. The van der Waals surface area contributed by atoms with Crippen LogP contribution in [0.15, 0.2) is 47.4 Å². The van der Waals surface area contributed by atoms with Gasteiger partial charge in [-0.05, 0) is 29.8 Å². The average Bonchev–Trinajstić information content (AvgIpc) is 2.39. The van der Waals surface area contributed by atoms with Crippen molar-refractivity contribution in [3.05, 3.63) is 58.6 Å². The molecule has 0 aliphatic carbocycles. The number of primary amides is 1. The normalized spacial score (nSPS) is 10.4. The highest BCUT2D eigenvalue weighted by molar-refractivity contribution is 7.98. The molecule has 19 heavy (non-hydrogen) atoms. The molecule has 98 valence electrons. The van der Waals surface area contributed by atoms with Crippen LogP contribution in [0.2, 0.25) is 5.02 Å². The summed E-state index contributed by atoms with van der Waals surface area (Å²) in [7, 11) is 0. The van der Waals surface area contributed by atoms with Gasteiger partial charge in [0.05, 0.1) is 0 Å². The Morgan fingerprint density at radius 2 is 2.00 bits per heavy atom. The highest BCUT2D eigenvalue weighted by Gasteiger charge is 2.07. The lowest BCUT2D eigenvalue weighted by atomic mass is 10.1. The standard InChI is InChI=1S/C14H12ClNO2S/c15-11-7-9(14(16)18)5-6-10(11)8-19-13-4-2-1-3-12(13)17/h1-7,17H,8H2,(H2,16,18). The molecule has 0 fully saturated rings. The van der Waals surface area contributed by atoms with Gasteiger partial charge in [-0.25, -0.2) is 0 Å². The van der Waals surface area contributed by atoms with Crippen LogP contribution in [0.4, 0.5) is 0 Å². The van der Waals surface area contributed by atoms with E-state index in [-0.39, 0.29) is 5.75 Å². The second-order valence-corrected chi connectivity index (χ2v) is 5.35. The van der Waals surface area contributed by atoms with Crippen molar-refractivity contribution in [3.8, 4) is 5.75 Å². The smallest absolute Gasteiger partial charge is 0.248 e. The molecule has 0 aliphatic heterocycles. The Hall–Kier alpha value is -1.65. The zero-order valence-electron chi connectivity index (χ0n) is 9.97. The van der Waals surface area contributed by atoms with Gasteiger partial charge in [0.15, 0.2) is 0 Å². The van der Waals surface area contributed by atoms with Gasteiger partial charge < -0.3 is 10.8 Å². The van der Waals surface area contributed by atoms with Crippen LogP contribution in [-0.4, -0.2) is 11.0 Å². The van der Waals surface area contributed by atoms with Gasteiger partial charge in [0.25, 0.3) is 0 Å². The van der Waals surface area contributed by atoms with Crippen molar-refractivity contribution in [1.82, 2.24) is 0 Å². The summed E-state index contributed by atoms with van der Waals surface area (Å²) in [5.74, 6) is 0.356. The van der Waals surface area contributed by atoms with Crippen LogP contribution in [0, 0.1) is 0 Å². The third-order valence-corrected chi connectivity index (χ3v) is 4.05. The number of rotatable bonds is 4. The molecule has 0 aliphatic rings. The van der Waals surface area contributed by atoms with Crippen molar-refractivity contribution in [2.24, 2.45) is 5.73 Å². The van der Waals surface area contributed by atoms with E-state index in [2.05, 4.69) is 0 Å². The van der Waals surface area contributed by atoms with Crippen molar-refractivity contribution in [2.75, 3.05) is 0 Å². The van der Waals surface area contributed by atoms with E-state index in [9.17, 15) is 9.90 Å². The summed E-state index contributed by atoms with van der Waals surface area (Å²) in [6.07, 6.45) is 0. The Morgan fingerprint density at radius 1 is 1.26 bits per heavy atom. The predicted octanol–water partition coefficient (Wildman–Crippen LogP) is 3.44. The number of halogens is 1. The van der Waals surface area contributed by atoms with E-state index >= 15 is 0 Å². The van der Waals surface area contributed by atoms with Crippen molar-refractivity contribution in [2.45, 2.75) is 10.6 Å². The molecule has 0 radical (unpaired) electrons. The molecule has 2 rings (SSSR count). The van der Waals surface area contributed by atoms with Crippen molar-refractivity contribution < 1.29 is 9.90 Å². The van der Waals surface area contributed by atoms with Gasteiger partial charge in [-0.3, -0.25) is 4.79 Å². The molecule has 3 N–H and O–H groups in total. The average molecular weight is 294 g/mol. The summed E-state index contributed by atoms with van der Waals surface area (Å²) in [6.45, 7) is 0. The number of phenols is 1. The highest BCUT2D eigenvalue weighted by atomic mass is 35.5. The highest BCUT2D eigenvalue weighted by Crippen LogP contribution is 2.32. The van der Waals surface area contributed by atoms with Gasteiger partial charge in [0.2, 0.25) is 5.91 Å². The second kappa shape index (κ2) is 5.99. The Balaban J connectivity index is 2.12. The summed E-state index contributed by atoms with van der Waals surface area (Å²) in [4.78, 5) is 11.8. The quantitative estimate of drug-likeness (QED) is 0.849. The third kappa shape index (κ3) is 3.43. The minimum Gasteiger partial charge on any atom is -0.507 e. The summed E-state index contributed by atoms with van der Waals surface area (Å²) in [6, 6.07) is 12.1. The molecule has 0 saturated carbocycles. The molecule has 2 aromatic carbocycles. The molecule has 3 nitrogen and oxygen atoms in total. The van der Waals surface area contributed by atoms with Crippen LogP contribution >= 0.6 is 23.4 Å². The molecule has 0 heterocycles. The van der Waals surface area contributed by atoms with Crippen LogP contribution in [0.5, 0.6) is 5.75 Å². The van der Waals surface area contributed by atoms with Crippen LogP contribution in [0.25, 0.3) is 0 Å². The number of benzene rings is 2. The molecular weight excluding hydrogens is 282 g/mol. The van der Waals surface area contributed by atoms with E-state index in [4.69, 9.17) is 17.3 Å². The fourth-order valence-corrected chi connectivity index (χ4v) is 2.83. The minimum atomic E-state index is -0.498. The van der Waals surface area contributed by atoms with Crippen molar-refractivity contribution in [3.63, 3.8) is 0 Å². The first-order valence-electron chi connectivity index (χ1n) is 5.57. The fourth-order valence-electron chi connectivity index (χ4n) is 1.55. The van der Waals surface area contributed by atoms with Gasteiger partial charge in [0, 0.05) is 21.2 Å².